The smallest absolute Gasteiger partial charge is 0.303 e. The molecule has 4 fully saturated rings. The van der Waals surface area contributed by atoms with Gasteiger partial charge in [-0.3, -0.25) is 9.59 Å². The lowest BCUT2D eigenvalue weighted by atomic mass is 9.46. The zero-order chi connectivity index (χ0) is 22.0. The average molecular weight is 464 g/mol. The summed E-state index contributed by atoms with van der Waals surface area (Å²) >= 11 is 12.5. The number of aromatic nitrogens is 2. The van der Waals surface area contributed by atoms with Crippen molar-refractivity contribution in [3.8, 4) is 5.75 Å². The first-order valence-electron chi connectivity index (χ1n) is 10.4. The molecule has 0 spiro atoms. The van der Waals surface area contributed by atoms with E-state index in [1.807, 2.05) is 0 Å². The van der Waals surface area contributed by atoms with Gasteiger partial charge in [0.05, 0.1) is 29.5 Å². The molecule has 0 amide bonds. The highest BCUT2D eigenvalue weighted by Crippen LogP contribution is 2.65. The maximum absolute atomic E-state index is 13.3. The highest BCUT2D eigenvalue weighted by molar-refractivity contribution is 6.33. The number of halogens is 2. The van der Waals surface area contributed by atoms with E-state index in [4.69, 9.17) is 23.2 Å². The molecule has 9 heteroatoms. The largest absolute Gasteiger partial charge is 0.506 e. The predicted octanol–water partition coefficient (Wildman–Crippen LogP) is 4.77. The number of benzene rings is 1. The number of aliphatic carboxylic acids is 1. The van der Waals surface area contributed by atoms with Crippen LogP contribution in [0.1, 0.15) is 44.9 Å². The van der Waals surface area contributed by atoms with Gasteiger partial charge < -0.3 is 15.5 Å². The molecule has 4 bridgehead atoms. The maximum atomic E-state index is 13.3. The summed E-state index contributed by atoms with van der Waals surface area (Å²) in [6.45, 7) is 0. The lowest BCUT2D eigenvalue weighted by Gasteiger charge is -2.61. The van der Waals surface area contributed by atoms with Crippen LogP contribution < -0.4 is 10.9 Å². The molecular weight excluding hydrogens is 441 g/mol. The molecule has 1 aromatic heterocycles. The van der Waals surface area contributed by atoms with E-state index in [0.29, 0.717) is 29.0 Å². The second-order valence-corrected chi connectivity index (χ2v) is 10.4. The molecule has 164 valence electrons. The first-order chi connectivity index (χ1) is 14.7. The highest BCUT2D eigenvalue weighted by atomic mass is 35.5. The molecule has 1 heterocycles. The van der Waals surface area contributed by atoms with Crippen molar-refractivity contribution in [2.45, 2.75) is 50.5 Å². The Morgan fingerprint density at radius 1 is 1.19 bits per heavy atom. The summed E-state index contributed by atoms with van der Waals surface area (Å²) in [5, 5.41) is 27.4. The van der Waals surface area contributed by atoms with Crippen molar-refractivity contribution >= 4 is 40.5 Å². The number of carboxylic acids is 1. The highest BCUT2D eigenvalue weighted by Gasteiger charge is 2.59. The van der Waals surface area contributed by atoms with Crippen molar-refractivity contribution in [3.63, 3.8) is 0 Å². The number of rotatable bonds is 5. The van der Waals surface area contributed by atoms with Gasteiger partial charge in [0.2, 0.25) is 0 Å². The van der Waals surface area contributed by atoms with Crippen LogP contribution in [0.15, 0.2) is 29.2 Å². The normalized spacial score (nSPS) is 31.0. The van der Waals surface area contributed by atoms with Gasteiger partial charge in [0.1, 0.15) is 10.8 Å². The van der Waals surface area contributed by atoms with Gasteiger partial charge >= 0.3 is 5.97 Å². The minimum absolute atomic E-state index is 0.0163. The Kier molecular flexibility index (Phi) is 4.75. The zero-order valence-corrected chi connectivity index (χ0v) is 18.3. The Labute approximate surface area is 189 Å². The standard InChI is InChI=1S/C22H23Cl2N3O4/c23-14-1-2-17(28)15(4-14)26-16-10-25-27(20(31)19(16)24)22-7-12-3-13(8-22)6-21(5-12,11-22)9-18(29)30/h1-2,4,10,12-13,26,28H,3,5-9,11H2,(H,29,30). The summed E-state index contributed by atoms with van der Waals surface area (Å²) in [6, 6.07) is 4.54. The first kappa shape index (κ1) is 20.6. The Hall–Kier alpha value is -2.25. The van der Waals surface area contributed by atoms with Crippen molar-refractivity contribution in [1.82, 2.24) is 9.78 Å². The van der Waals surface area contributed by atoms with Crippen molar-refractivity contribution in [3.05, 3.63) is 44.8 Å². The number of carbonyl (C=O) groups is 1. The fraction of sp³-hybridized carbons (Fsp3) is 0.500. The zero-order valence-electron chi connectivity index (χ0n) is 16.8. The molecule has 4 aliphatic rings. The molecule has 2 aromatic rings. The summed E-state index contributed by atoms with van der Waals surface area (Å²) in [4.78, 5) is 24.9. The third kappa shape index (κ3) is 3.48. The third-order valence-corrected chi connectivity index (χ3v) is 7.87. The molecule has 3 N–H and O–H groups in total. The van der Waals surface area contributed by atoms with E-state index in [-0.39, 0.29) is 28.3 Å². The number of anilines is 2. The topological polar surface area (TPSA) is 104 Å². The van der Waals surface area contributed by atoms with E-state index < -0.39 is 17.1 Å². The number of hydrogen-bond donors (Lipinski definition) is 3. The van der Waals surface area contributed by atoms with Gasteiger partial charge in [0.15, 0.2) is 0 Å². The number of nitrogens with zero attached hydrogens (tertiary/aromatic N) is 2. The molecule has 6 rings (SSSR count). The van der Waals surface area contributed by atoms with Crippen molar-refractivity contribution in [2.24, 2.45) is 17.3 Å². The Morgan fingerprint density at radius 3 is 2.58 bits per heavy atom. The average Bonchev–Trinajstić information content (AvgIpc) is 2.66. The molecule has 7 nitrogen and oxygen atoms in total. The lowest BCUT2D eigenvalue weighted by molar-refractivity contribution is -0.151. The van der Waals surface area contributed by atoms with Crippen LogP contribution in [0, 0.1) is 17.3 Å². The predicted molar refractivity (Wildman–Crippen MR) is 117 cm³/mol. The monoisotopic (exact) mass is 463 g/mol. The van der Waals surface area contributed by atoms with Gasteiger partial charge in [-0.15, -0.1) is 0 Å². The molecule has 0 saturated heterocycles. The fourth-order valence-electron chi connectivity index (χ4n) is 6.79. The van der Waals surface area contributed by atoms with E-state index in [1.54, 1.807) is 6.07 Å². The molecular formula is C22H23Cl2N3O4. The second-order valence-electron chi connectivity index (χ2n) is 9.63. The molecule has 2 unspecified atom stereocenters. The Balaban J connectivity index is 1.51. The van der Waals surface area contributed by atoms with Crippen LogP contribution in [0.25, 0.3) is 0 Å². The molecule has 0 aliphatic heterocycles. The van der Waals surface area contributed by atoms with Crippen LogP contribution in [0.2, 0.25) is 10.0 Å². The number of nitrogens with one attached hydrogen (secondary N) is 1. The summed E-state index contributed by atoms with van der Waals surface area (Å²) in [7, 11) is 0. The quantitative estimate of drug-likeness (QED) is 0.551. The third-order valence-electron chi connectivity index (χ3n) is 7.27. The van der Waals surface area contributed by atoms with Gasteiger partial charge in [-0.2, -0.15) is 5.10 Å². The van der Waals surface area contributed by atoms with Gasteiger partial charge in [-0.25, -0.2) is 4.68 Å². The molecule has 4 saturated carbocycles. The van der Waals surface area contributed by atoms with Crippen LogP contribution in [-0.4, -0.2) is 26.0 Å². The molecule has 2 atom stereocenters. The minimum atomic E-state index is -0.781. The van der Waals surface area contributed by atoms with Gasteiger partial charge in [0, 0.05) is 5.02 Å². The fourth-order valence-corrected chi connectivity index (χ4v) is 7.14. The van der Waals surface area contributed by atoms with E-state index in [0.717, 1.165) is 32.1 Å². The summed E-state index contributed by atoms with van der Waals surface area (Å²) in [5.41, 5.74) is -0.557. The SMILES string of the molecule is O=C(O)CC12CC3CC(C1)CC(n1ncc(Nc4cc(Cl)ccc4O)c(Cl)c1=O)(C3)C2. The first-order valence-corrected chi connectivity index (χ1v) is 11.2. The lowest BCUT2D eigenvalue weighted by Crippen LogP contribution is -2.59. The molecule has 0 radical (unpaired) electrons. The number of hydrogen-bond acceptors (Lipinski definition) is 5. The second kappa shape index (κ2) is 7.14. The van der Waals surface area contributed by atoms with Crippen LogP contribution in [-0.2, 0) is 10.3 Å². The van der Waals surface area contributed by atoms with E-state index in [9.17, 15) is 19.8 Å². The summed E-state index contributed by atoms with van der Waals surface area (Å²) in [5.74, 6) is 0.0150. The molecule has 1 aromatic carbocycles. The van der Waals surface area contributed by atoms with Crippen LogP contribution in [0.3, 0.4) is 0 Å². The Bertz CT molecular complexity index is 1120. The number of carboxylic acid groups (broad SMARTS) is 1. The number of phenols is 1. The van der Waals surface area contributed by atoms with Crippen molar-refractivity contribution in [2.75, 3.05) is 5.32 Å². The van der Waals surface area contributed by atoms with Crippen LogP contribution in [0.4, 0.5) is 11.4 Å². The summed E-state index contributed by atoms with van der Waals surface area (Å²) < 4.78 is 1.51. The van der Waals surface area contributed by atoms with Crippen LogP contribution >= 0.6 is 23.2 Å². The van der Waals surface area contributed by atoms with E-state index in [2.05, 4.69) is 10.4 Å². The van der Waals surface area contributed by atoms with E-state index >= 15 is 0 Å². The van der Waals surface area contributed by atoms with Crippen molar-refractivity contribution < 1.29 is 15.0 Å². The van der Waals surface area contributed by atoms with E-state index in [1.165, 1.54) is 23.0 Å². The number of aromatic hydroxyl groups is 1. The van der Waals surface area contributed by atoms with Gasteiger partial charge in [-0.1, -0.05) is 23.2 Å². The Morgan fingerprint density at radius 2 is 1.90 bits per heavy atom. The number of phenolic OH excluding ortho intramolecular Hbond substituents is 1. The van der Waals surface area contributed by atoms with Crippen LogP contribution in [0.5, 0.6) is 5.75 Å². The molecule has 4 aliphatic carbocycles. The van der Waals surface area contributed by atoms with Crippen molar-refractivity contribution in [1.29, 1.82) is 0 Å². The molecule has 31 heavy (non-hydrogen) atoms. The van der Waals surface area contributed by atoms with Gasteiger partial charge in [0.25, 0.3) is 5.56 Å². The minimum Gasteiger partial charge on any atom is -0.506 e. The summed E-state index contributed by atoms with van der Waals surface area (Å²) in [6.07, 6.45) is 6.85. The maximum Gasteiger partial charge on any atom is 0.303 e. The van der Waals surface area contributed by atoms with Gasteiger partial charge in [-0.05, 0) is 74.0 Å².